The SMILES string of the molecule is CCCCCC(C)CCC(CC)C(=O)OC. The van der Waals surface area contributed by atoms with Gasteiger partial charge in [-0.25, -0.2) is 0 Å². The van der Waals surface area contributed by atoms with Gasteiger partial charge in [0.15, 0.2) is 0 Å². The first-order valence-corrected chi connectivity index (χ1v) is 6.73. The zero-order valence-electron chi connectivity index (χ0n) is 11.4. The third kappa shape index (κ3) is 6.86. The molecule has 2 heteroatoms. The fraction of sp³-hybridized carbons (Fsp3) is 0.929. The molecule has 0 saturated heterocycles. The summed E-state index contributed by atoms with van der Waals surface area (Å²) in [5, 5.41) is 0. The lowest BCUT2D eigenvalue weighted by atomic mass is 9.92. The molecule has 0 saturated carbocycles. The van der Waals surface area contributed by atoms with Gasteiger partial charge in [0.1, 0.15) is 0 Å². The number of ether oxygens (including phenoxy) is 1. The molecule has 96 valence electrons. The highest BCUT2D eigenvalue weighted by molar-refractivity contribution is 5.72. The minimum atomic E-state index is -0.0386. The fourth-order valence-electron chi connectivity index (χ4n) is 2.03. The Labute approximate surface area is 101 Å². The zero-order valence-corrected chi connectivity index (χ0v) is 11.4. The lowest BCUT2D eigenvalue weighted by molar-refractivity contribution is -0.145. The molecule has 0 aromatic carbocycles. The molecular weight excluding hydrogens is 200 g/mol. The maximum atomic E-state index is 11.4. The van der Waals surface area contributed by atoms with Gasteiger partial charge in [-0.15, -0.1) is 0 Å². The van der Waals surface area contributed by atoms with E-state index >= 15 is 0 Å². The molecule has 0 heterocycles. The molecule has 0 fully saturated rings. The van der Waals surface area contributed by atoms with Gasteiger partial charge < -0.3 is 4.74 Å². The van der Waals surface area contributed by atoms with E-state index in [9.17, 15) is 4.79 Å². The van der Waals surface area contributed by atoms with E-state index in [1.165, 1.54) is 32.8 Å². The van der Waals surface area contributed by atoms with Crippen LogP contribution in [-0.2, 0) is 9.53 Å². The van der Waals surface area contributed by atoms with Crippen LogP contribution in [0.25, 0.3) is 0 Å². The van der Waals surface area contributed by atoms with Gasteiger partial charge in [0, 0.05) is 0 Å². The van der Waals surface area contributed by atoms with E-state index in [0.29, 0.717) is 0 Å². The van der Waals surface area contributed by atoms with Crippen molar-refractivity contribution < 1.29 is 9.53 Å². The first-order chi connectivity index (χ1) is 7.65. The number of carbonyl (C=O) groups is 1. The number of carbonyl (C=O) groups excluding carboxylic acids is 1. The molecule has 2 atom stereocenters. The van der Waals surface area contributed by atoms with Gasteiger partial charge in [0.2, 0.25) is 0 Å². The van der Waals surface area contributed by atoms with Gasteiger partial charge in [0.05, 0.1) is 13.0 Å². The molecular formula is C14H28O2. The van der Waals surface area contributed by atoms with Crippen LogP contribution in [0, 0.1) is 11.8 Å². The van der Waals surface area contributed by atoms with Crippen LogP contribution in [0.5, 0.6) is 0 Å². The Hall–Kier alpha value is -0.530. The summed E-state index contributed by atoms with van der Waals surface area (Å²) in [6.45, 7) is 6.58. The monoisotopic (exact) mass is 228 g/mol. The van der Waals surface area contributed by atoms with Crippen molar-refractivity contribution in [3.8, 4) is 0 Å². The van der Waals surface area contributed by atoms with Crippen LogP contribution in [0.2, 0.25) is 0 Å². The number of methoxy groups -OCH3 is 1. The minimum Gasteiger partial charge on any atom is -0.469 e. The predicted molar refractivity (Wildman–Crippen MR) is 68.3 cm³/mol. The maximum Gasteiger partial charge on any atom is 0.308 e. The molecule has 0 aromatic rings. The second-order valence-electron chi connectivity index (χ2n) is 4.81. The summed E-state index contributed by atoms with van der Waals surface area (Å²) in [5.74, 6) is 0.812. The summed E-state index contributed by atoms with van der Waals surface area (Å²) in [5.41, 5.74) is 0. The third-order valence-corrected chi connectivity index (χ3v) is 3.34. The second-order valence-corrected chi connectivity index (χ2v) is 4.81. The quantitative estimate of drug-likeness (QED) is 0.437. The Morgan fingerprint density at radius 1 is 1.12 bits per heavy atom. The van der Waals surface area contributed by atoms with Gasteiger partial charge in [0.25, 0.3) is 0 Å². The highest BCUT2D eigenvalue weighted by atomic mass is 16.5. The van der Waals surface area contributed by atoms with Gasteiger partial charge in [-0.05, 0) is 25.2 Å². The van der Waals surface area contributed by atoms with Crippen LogP contribution >= 0.6 is 0 Å². The van der Waals surface area contributed by atoms with Gasteiger partial charge >= 0.3 is 5.97 Å². The van der Waals surface area contributed by atoms with E-state index in [4.69, 9.17) is 4.74 Å². The van der Waals surface area contributed by atoms with E-state index < -0.39 is 0 Å². The number of esters is 1. The van der Waals surface area contributed by atoms with Crippen molar-refractivity contribution in [2.45, 2.75) is 65.7 Å². The molecule has 0 rings (SSSR count). The topological polar surface area (TPSA) is 26.3 Å². The van der Waals surface area contributed by atoms with Crippen LogP contribution < -0.4 is 0 Å². The molecule has 16 heavy (non-hydrogen) atoms. The number of unbranched alkanes of at least 4 members (excludes halogenated alkanes) is 2. The molecule has 2 nitrogen and oxygen atoms in total. The number of hydrogen-bond acceptors (Lipinski definition) is 2. The standard InChI is InChI=1S/C14H28O2/c1-5-7-8-9-12(3)10-11-13(6-2)14(15)16-4/h12-13H,5-11H2,1-4H3. The highest BCUT2D eigenvalue weighted by Gasteiger charge is 2.17. The normalized spacial score (nSPS) is 14.5. The van der Waals surface area contributed by atoms with Crippen LogP contribution in [-0.4, -0.2) is 13.1 Å². The Kier molecular flexibility index (Phi) is 9.36. The molecule has 0 radical (unpaired) electrons. The van der Waals surface area contributed by atoms with Crippen molar-refractivity contribution in [2.24, 2.45) is 11.8 Å². The van der Waals surface area contributed by atoms with Crippen molar-refractivity contribution >= 4 is 5.97 Å². The summed E-state index contributed by atoms with van der Waals surface area (Å²) < 4.78 is 4.80. The fourth-order valence-corrected chi connectivity index (χ4v) is 2.03. The van der Waals surface area contributed by atoms with Crippen LogP contribution in [0.3, 0.4) is 0 Å². The van der Waals surface area contributed by atoms with E-state index in [1.807, 2.05) is 0 Å². The Balaban J connectivity index is 3.70. The van der Waals surface area contributed by atoms with Crippen molar-refractivity contribution in [1.29, 1.82) is 0 Å². The molecule has 0 aromatic heterocycles. The highest BCUT2D eigenvalue weighted by Crippen LogP contribution is 2.20. The van der Waals surface area contributed by atoms with E-state index in [2.05, 4.69) is 20.8 Å². The Bertz CT molecular complexity index is 178. The largest absolute Gasteiger partial charge is 0.469 e. The van der Waals surface area contributed by atoms with Gasteiger partial charge in [-0.2, -0.15) is 0 Å². The van der Waals surface area contributed by atoms with Gasteiger partial charge in [-0.3, -0.25) is 4.79 Å². The lowest BCUT2D eigenvalue weighted by Gasteiger charge is -2.15. The number of hydrogen-bond donors (Lipinski definition) is 0. The third-order valence-electron chi connectivity index (χ3n) is 3.34. The summed E-state index contributed by atoms with van der Waals surface area (Å²) in [6, 6.07) is 0. The van der Waals surface area contributed by atoms with Crippen molar-refractivity contribution in [2.75, 3.05) is 7.11 Å². The first-order valence-electron chi connectivity index (χ1n) is 6.73. The maximum absolute atomic E-state index is 11.4. The summed E-state index contributed by atoms with van der Waals surface area (Å²) in [4.78, 5) is 11.4. The van der Waals surface area contributed by atoms with Crippen LogP contribution in [0.1, 0.15) is 65.7 Å². The summed E-state index contributed by atoms with van der Waals surface area (Å²) >= 11 is 0. The molecule has 2 unspecified atom stereocenters. The van der Waals surface area contributed by atoms with Crippen molar-refractivity contribution in [3.63, 3.8) is 0 Å². The minimum absolute atomic E-state index is 0.0386. The van der Waals surface area contributed by atoms with E-state index in [0.717, 1.165) is 25.2 Å². The van der Waals surface area contributed by atoms with E-state index in [-0.39, 0.29) is 11.9 Å². The molecule has 0 amide bonds. The second kappa shape index (κ2) is 9.68. The lowest BCUT2D eigenvalue weighted by Crippen LogP contribution is -2.16. The number of rotatable bonds is 9. The average molecular weight is 228 g/mol. The van der Waals surface area contributed by atoms with Crippen molar-refractivity contribution in [1.82, 2.24) is 0 Å². The molecule has 0 bridgehead atoms. The molecule has 0 aliphatic heterocycles. The van der Waals surface area contributed by atoms with Gasteiger partial charge in [-0.1, -0.05) is 46.5 Å². The summed E-state index contributed by atoms with van der Waals surface area (Å²) in [7, 11) is 1.48. The Morgan fingerprint density at radius 3 is 2.31 bits per heavy atom. The molecule has 0 spiro atoms. The first kappa shape index (κ1) is 15.5. The van der Waals surface area contributed by atoms with E-state index in [1.54, 1.807) is 0 Å². The Morgan fingerprint density at radius 2 is 1.81 bits per heavy atom. The van der Waals surface area contributed by atoms with Crippen LogP contribution in [0.15, 0.2) is 0 Å². The average Bonchev–Trinajstić information content (AvgIpc) is 2.29. The zero-order chi connectivity index (χ0) is 12.4. The van der Waals surface area contributed by atoms with Crippen LogP contribution in [0.4, 0.5) is 0 Å². The van der Waals surface area contributed by atoms with Crippen molar-refractivity contribution in [3.05, 3.63) is 0 Å². The molecule has 0 N–H and O–H groups in total. The predicted octanol–water partition coefficient (Wildman–Crippen LogP) is 4.18. The smallest absolute Gasteiger partial charge is 0.308 e. The summed E-state index contributed by atoms with van der Waals surface area (Å²) in [6.07, 6.45) is 8.27. The molecule has 0 aliphatic carbocycles. The molecule has 0 aliphatic rings.